The summed E-state index contributed by atoms with van der Waals surface area (Å²) in [4.78, 5) is 36.5. The third-order valence-electron chi connectivity index (χ3n) is 4.24. The van der Waals surface area contributed by atoms with Crippen LogP contribution in [0.4, 0.5) is 5.69 Å². The van der Waals surface area contributed by atoms with E-state index >= 15 is 0 Å². The normalized spacial score (nSPS) is 14.2. The fourth-order valence-electron chi connectivity index (χ4n) is 2.88. The van der Waals surface area contributed by atoms with Crippen LogP contribution in [-0.2, 0) is 4.79 Å². The first kappa shape index (κ1) is 18.9. The van der Waals surface area contributed by atoms with Crippen molar-refractivity contribution >= 4 is 17.4 Å². The molecule has 0 radical (unpaired) electrons. The fraction of sp³-hybridized carbons (Fsp3) is 0.556. The van der Waals surface area contributed by atoms with E-state index in [0.29, 0.717) is 18.4 Å². The number of rotatable bonds is 8. The van der Waals surface area contributed by atoms with E-state index in [1.165, 1.54) is 18.2 Å². The third kappa shape index (κ3) is 5.27. The average molecular weight is 348 g/mol. The van der Waals surface area contributed by atoms with Crippen molar-refractivity contribution in [1.82, 2.24) is 4.90 Å². The topological polar surface area (TPSA) is 89.8 Å². The van der Waals surface area contributed by atoms with E-state index in [4.69, 9.17) is 4.74 Å². The van der Waals surface area contributed by atoms with Crippen LogP contribution in [0.25, 0.3) is 0 Å². The van der Waals surface area contributed by atoms with Crippen molar-refractivity contribution < 1.29 is 19.2 Å². The molecular formula is C18H24N2O5. The van der Waals surface area contributed by atoms with Crippen LogP contribution in [0.2, 0.25) is 0 Å². The number of ether oxygens (including phenoxy) is 1. The number of hydrogen-bond acceptors (Lipinski definition) is 5. The van der Waals surface area contributed by atoms with Gasteiger partial charge >= 0.3 is 5.69 Å². The number of hydrogen-bond donors (Lipinski definition) is 0. The summed E-state index contributed by atoms with van der Waals surface area (Å²) in [5.41, 5.74) is 0.0673. The molecule has 25 heavy (non-hydrogen) atoms. The second-order valence-electron chi connectivity index (χ2n) is 6.15. The summed E-state index contributed by atoms with van der Waals surface area (Å²) in [6.45, 7) is 3.50. The van der Waals surface area contributed by atoms with Crippen molar-refractivity contribution in [2.45, 2.75) is 45.4 Å². The van der Waals surface area contributed by atoms with Gasteiger partial charge in [0.05, 0.1) is 18.0 Å². The second kappa shape index (κ2) is 9.15. The molecule has 1 amide bonds. The minimum Gasteiger partial charge on any atom is -0.486 e. The van der Waals surface area contributed by atoms with E-state index in [-0.39, 0.29) is 36.2 Å². The number of ketones is 1. The van der Waals surface area contributed by atoms with Gasteiger partial charge in [-0.2, -0.15) is 0 Å². The van der Waals surface area contributed by atoms with Crippen LogP contribution in [0, 0.1) is 10.1 Å². The smallest absolute Gasteiger partial charge is 0.311 e. The van der Waals surface area contributed by atoms with E-state index in [0.717, 1.165) is 32.4 Å². The van der Waals surface area contributed by atoms with Gasteiger partial charge in [0.2, 0.25) is 5.91 Å². The van der Waals surface area contributed by atoms with E-state index in [9.17, 15) is 19.7 Å². The molecule has 1 heterocycles. The SMILES string of the molecule is CCCC(=O)c1ccc(OCCC(=O)N2CCCCC2)c([N+](=O)[O-])c1. The maximum Gasteiger partial charge on any atom is 0.311 e. The van der Waals surface area contributed by atoms with Crippen LogP contribution in [-0.4, -0.2) is 41.2 Å². The zero-order valence-corrected chi connectivity index (χ0v) is 14.5. The Labute approximate surface area is 147 Å². The first-order chi connectivity index (χ1) is 12.0. The number of likely N-dealkylation sites (tertiary alicyclic amines) is 1. The van der Waals surface area contributed by atoms with Crippen molar-refractivity contribution in [3.05, 3.63) is 33.9 Å². The highest BCUT2D eigenvalue weighted by Gasteiger charge is 2.20. The second-order valence-corrected chi connectivity index (χ2v) is 6.15. The zero-order valence-electron chi connectivity index (χ0n) is 14.5. The monoisotopic (exact) mass is 348 g/mol. The summed E-state index contributed by atoms with van der Waals surface area (Å²) in [5.74, 6) is -0.0287. The summed E-state index contributed by atoms with van der Waals surface area (Å²) in [5, 5.41) is 11.2. The molecule has 1 aliphatic rings. The molecule has 0 unspecified atom stereocenters. The van der Waals surface area contributed by atoms with Gasteiger partial charge < -0.3 is 9.64 Å². The maximum absolute atomic E-state index is 12.1. The van der Waals surface area contributed by atoms with Crippen LogP contribution < -0.4 is 4.74 Å². The molecule has 1 aromatic rings. The summed E-state index contributed by atoms with van der Waals surface area (Å²) in [6.07, 6.45) is 4.41. The van der Waals surface area contributed by atoms with Crippen LogP contribution in [0.5, 0.6) is 5.75 Å². The van der Waals surface area contributed by atoms with Gasteiger partial charge in [-0.1, -0.05) is 6.92 Å². The van der Waals surface area contributed by atoms with Gasteiger partial charge in [0.15, 0.2) is 11.5 Å². The average Bonchev–Trinajstić information content (AvgIpc) is 2.62. The molecule has 0 bridgehead atoms. The predicted molar refractivity (Wildman–Crippen MR) is 92.9 cm³/mol. The first-order valence-electron chi connectivity index (χ1n) is 8.75. The number of benzene rings is 1. The Bertz CT molecular complexity index is 638. The van der Waals surface area contributed by atoms with E-state index < -0.39 is 4.92 Å². The van der Waals surface area contributed by atoms with Crippen LogP contribution in [0.1, 0.15) is 55.8 Å². The lowest BCUT2D eigenvalue weighted by molar-refractivity contribution is -0.385. The van der Waals surface area contributed by atoms with Gasteiger partial charge in [-0.25, -0.2) is 0 Å². The van der Waals surface area contributed by atoms with Crippen molar-refractivity contribution in [3.63, 3.8) is 0 Å². The fourth-order valence-corrected chi connectivity index (χ4v) is 2.88. The lowest BCUT2D eigenvalue weighted by Gasteiger charge is -2.26. The van der Waals surface area contributed by atoms with Gasteiger partial charge in [-0.15, -0.1) is 0 Å². The highest BCUT2D eigenvalue weighted by Crippen LogP contribution is 2.28. The number of nitro benzene ring substituents is 1. The molecule has 1 saturated heterocycles. The lowest BCUT2D eigenvalue weighted by atomic mass is 10.1. The molecule has 1 fully saturated rings. The number of carbonyl (C=O) groups is 2. The van der Waals surface area contributed by atoms with Crippen LogP contribution >= 0.6 is 0 Å². The Morgan fingerprint density at radius 1 is 1.20 bits per heavy atom. The summed E-state index contributed by atoms with van der Waals surface area (Å²) in [6, 6.07) is 4.22. The molecule has 2 rings (SSSR count). The van der Waals surface area contributed by atoms with Crippen LogP contribution in [0.3, 0.4) is 0 Å². The minimum atomic E-state index is -0.565. The quantitative estimate of drug-likeness (QED) is 0.408. The Balaban J connectivity index is 1.97. The molecule has 0 aromatic heterocycles. The Morgan fingerprint density at radius 2 is 1.92 bits per heavy atom. The summed E-state index contributed by atoms with van der Waals surface area (Å²) >= 11 is 0. The van der Waals surface area contributed by atoms with E-state index in [1.54, 1.807) is 0 Å². The van der Waals surface area contributed by atoms with Crippen molar-refractivity contribution in [2.24, 2.45) is 0 Å². The van der Waals surface area contributed by atoms with Gasteiger partial charge in [0.25, 0.3) is 0 Å². The largest absolute Gasteiger partial charge is 0.486 e. The molecule has 0 N–H and O–H groups in total. The number of amides is 1. The van der Waals surface area contributed by atoms with Crippen LogP contribution in [0.15, 0.2) is 18.2 Å². The van der Waals surface area contributed by atoms with Gasteiger partial charge in [-0.05, 0) is 37.8 Å². The summed E-state index contributed by atoms with van der Waals surface area (Å²) < 4.78 is 5.45. The number of carbonyl (C=O) groups excluding carboxylic acids is 2. The Morgan fingerprint density at radius 3 is 2.56 bits per heavy atom. The van der Waals surface area contributed by atoms with Gasteiger partial charge in [0, 0.05) is 31.1 Å². The predicted octanol–water partition coefficient (Wildman–Crippen LogP) is 3.36. The molecule has 0 spiro atoms. The first-order valence-corrected chi connectivity index (χ1v) is 8.75. The standard InChI is InChI=1S/C18H24N2O5/c1-2-6-16(21)14-7-8-17(15(13-14)20(23)24)25-12-9-18(22)19-10-4-3-5-11-19/h7-8,13H,2-6,9-12H2,1H3. The van der Waals surface area contributed by atoms with Gasteiger partial charge in [-0.3, -0.25) is 19.7 Å². The molecule has 0 aliphatic carbocycles. The molecule has 0 atom stereocenters. The number of nitrogens with zero attached hydrogens (tertiary/aromatic N) is 2. The number of nitro groups is 1. The van der Waals surface area contributed by atoms with Crippen molar-refractivity contribution in [3.8, 4) is 5.75 Å². The van der Waals surface area contributed by atoms with Gasteiger partial charge in [0.1, 0.15) is 0 Å². The molecule has 7 heteroatoms. The van der Waals surface area contributed by atoms with E-state index in [1.807, 2.05) is 11.8 Å². The number of piperidine rings is 1. The molecule has 0 saturated carbocycles. The summed E-state index contributed by atoms with van der Waals surface area (Å²) in [7, 11) is 0. The highest BCUT2D eigenvalue weighted by molar-refractivity contribution is 5.96. The van der Waals surface area contributed by atoms with E-state index in [2.05, 4.69) is 0 Å². The Hall–Kier alpha value is -2.44. The maximum atomic E-state index is 12.1. The lowest BCUT2D eigenvalue weighted by Crippen LogP contribution is -2.36. The molecular weight excluding hydrogens is 324 g/mol. The zero-order chi connectivity index (χ0) is 18.2. The minimum absolute atomic E-state index is 0.0112. The molecule has 136 valence electrons. The molecule has 7 nitrogen and oxygen atoms in total. The Kier molecular flexibility index (Phi) is 6.91. The third-order valence-corrected chi connectivity index (χ3v) is 4.24. The highest BCUT2D eigenvalue weighted by atomic mass is 16.6. The molecule has 1 aromatic carbocycles. The van der Waals surface area contributed by atoms with Crippen molar-refractivity contribution in [2.75, 3.05) is 19.7 Å². The molecule has 1 aliphatic heterocycles. The number of Topliss-reactive ketones (excluding diaryl/α,β-unsaturated/α-hetero) is 1. The van der Waals surface area contributed by atoms with Crippen molar-refractivity contribution in [1.29, 1.82) is 0 Å².